The molecule has 2 atom stereocenters. The largest absolute Gasteiger partial charge is 0.325 e. The second-order valence-corrected chi connectivity index (χ2v) is 8.75. The SMILES string of the molecule is CC(=O)c1ccccc1NC(=O)C12CC3CC(CC(Cl)(C3)C1)C2. The van der Waals surface area contributed by atoms with E-state index in [9.17, 15) is 9.59 Å². The minimum Gasteiger partial charge on any atom is -0.325 e. The van der Waals surface area contributed by atoms with Gasteiger partial charge in [0.2, 0.25) is 5.91 Å². The molecule has 4 bridgehead atoms. The molecule has 122 valence electrons. The molecule has 0 radical (unpaired) electrons. The van der Waals surface area contributed by atoms with Crippen LogP contribution < -0.4 is 5.32 Å². The van der Waals surface area contributed by atoms with E-state index in [1.54, 1.807) is 6.07 Å². The fourth-order valence-electron chi connectivity index (χ4n) is 5.57. The van der Waals surface area contributed by atoms with Crippen molar-refractivity contribution in [3.63, 3.8) is 0 Å². The van der Waals surface area contributed by atoms with Gasteiger partial charge in [0.1, 0.15) is 0 Å². The highest BCUT2D eigenvalue weighted by Crippen LogP contribution is 2.64. The fraction of sp³-hybridized carbons (Fsp3) is 0.579. The molecule has 1 amide bonds. The number of alkyl halides is 1. The number of hydrogen-bond donors (Lipinski definition) is 1. The molecule has 0 spiro atoms. The molecule has 4 aliphatic rings. The minimum atomic E-state index is -0.338. The number of carbonyl (C=O) groups excluding carboxylic acids is 2. The first-order valence-corrected chi connectivity index (χ1v) is 8.87. The highest BCUT2D eigenvalue weighted by molar-refractivity contribution is 6.24. The molecule has 0 heterocycles. The third kappa shape index (κ3) is 2.50. The lowest BCUT2D eigenvalue weighted by atomic mass is 9.49. The van der Waals surface area contributed by atoms with Gasteiger partial charge in [0.15, 0.2) is 5.78 Å². The van der Waals surface area contributed by atoms with Crippen molar-refractivity contribution in [2.45, 2.75) is 50.3 Å². The zero-order valence-electron chi connectivity index (χ0n) is 13.4. The van der Waals surface area contributed by atoms with E-state index in [1.807, 2.05) is 18.2 Å². The Balaban J connectivity index is 1.62. The Hall–Kier alpha value is -1.35. The van der Waals surface area contributed by atoms with Crippen molar-refractivity contribution >= 4 is 29.0 Å². The molecule has 4 fully saturated rings. The van der Waals surface area contributed by atoms with Crippen molar-refractivity contribution in [3.8, 4) is 0 Å². The van der Waals surface area contributed by atoms with Crippen LogP contribution in [0.3, 0.4) is 0 Å². The predicted molar refractivity (Wildman–Crippen MR) is 90.8 cm³/mol. The van der Waals surface area contributed by atoms with E-state index in [2.05, 4.69) is 5.32 Å². The number of halogens is 1. The quantitative estimate of drug-likeness (QED) is 0.659. The smallest absolute Gasteiger partial charge is 0.230 e. The second-order valence-electron chi connectivity index (χ2n) is 7.95. The van der Waals surface area contributed by atoms with E-state index in [-0.39, 0.29) is 22.0 Å². The Kier molecular flexibility index (Phi) is 3.35. The Morgan fingerprint density at radius 3 is 2.39 bits per heavy atom. The summed E-state index contributed by atoms with van der Waals surface area (Å²) < 4.78 is 0. The molecule has 0 aromatic heterocycles. The average molecular weight is 332 g/mol. The number of nitrogens with one attached hydrogen (secondary N) is 1. The lowest BCUT2D eigenvalue weighted by Gasteiger charge is -2.59. The standard InChI is InChI=1S/C19H22ClNO2/c1-12(22)15-4-2-3-5-16(15)21-17(23)18-7-13-6-14(8-18)10-19(20,9-13)11-18/h2-5,13-14H,6-11H2,1H3,(H,21,23). The number of benzene rings is 1. The van der Waals surface area contributed by atoms with E-state index in [1.165, 1.54) is 13.3 Å². The predicted octanol–water partition coefficient (Wildman–Crippen LogP) is 4.41. The van der Waals surface area contributed by atoms with Crippen LogP contribution in [0.1, 0.15) is 55.8 Å². The Bertz CT molecular complexity index is 670. The number of Topliss-reactive ketones (excluding diaryl/α,β-unsaturated/α-hetero) is 1. The second kappa shape index (κ2) is 5.07. The van der Waals surface area contributed by atoms with Crippen LogP contribution in [0, 0.1) is 17.3 Å². The van der Waals surface area contributed by atoms with Crippen LogP contribution in [0.5, 0.6) is 0 Å². The Morgan fingerprint density at radius 1 is 1.13 bits per heavy atom. The van der Waals surface area contributed by atoms with Gasteiger partial charge < -0.3 is 5.32 Å². The molecule has 1 aromatic rings. The van der Waals surface area contributed by atoms with E-state index in [4.69, 9.17) is 11.6 Å². The van der Waals surface area contributed by atoms with Crippen LogP contribution >= 0.6 is 11.6 Å². The zero-order chi connectivity index (χ0) is 16.2. The Morgan fingerprint density at radius 2 is 1.78 bits per heavy atom. The summed E-state index contributed by atoms with van der Waals surface area (Å²) in [4.78, 5) is 24.7. The summed E-state index contributed by atoms with van der Waals surface area (Å²) in [6, 6.07) is 7.25. The molecule has 5 rings (SSSR count). The van der Waals surface area contributed by atoms with Gasteiger partial charge in [0.25, 0.3) is 0 Å². The van der Waals surface area contributed by atoms with Crippen LogP contribution in [0.4, 0.5) is 5.69 Å². The normalized spacial score (nSPS) is 37.7. The number of rotatable bonds is 3. The van der Waals surface area contributed by atoms with Gasteiger partial charge in [0.05, 0.1) is 11.1 Å². The number of amides is 1. The monoisotopic (exact) mass is 331 g/mol. The van der Waals surface area contributed by atoms with Gasteiger partial charge in [-0.25, -0.2) is 0 Å². The van der Waals surface area contributed by atoms with Crippen LogP contribution in [0.2, 0.25) is 0 Å². The molecular formula is C19H22ClNO2. The van der Waals surface area contributed by atoms with Crippen LogP contribution in [0.15, 0.2) is 24.3 Å². The molecule has 2 unspecified atom stereocenters. The van der Waals surface area contributed by atoms with Gasteiger partial charge in [-0.05, 0) is 69.4 Å². The third-order valence-corrected chi connectivity index (χ3v) is 6.47. The van der Waals surface area contributed by atoms with Crippen molar-refractivity contribution < 1.29 is 9.59 Å². The first kappa shape index (κ1) is 15.2. The van der Waals surface area contributed by atoms with Crippen molar-refractivity contribution in [1.82, 2.24) is 0 Å². The maximum absolute atomic E-state index is 13.1. The maximum Gasteiger partial charge on any atom is 0.230 e. The first-order valence-electron chi connectivity index (χ1n) is 8.50. The van der Waals surface area contributed by atoms with E-state index in [0.29, 0.717) is 23.1 Å². The highest BCUT2D eigenvalue weighted by Gasteiger charge is 2.60. The molecule has 1 aromatic carbocycles. The molecule has 1 N–H and O–H groups in total. The van der Waals surface area contributed by atoms with Crippen molar-refractivity contribution in [2.24, 2.45) is 17.3 Å². The Labute approximate surface area is 141 Å². The lowest BCUT2D eigenvalue weighted by molar-refractivity contribution is -0.138. The summed E-state index contributed by atoms with van der Waals surface area (Å²) in [6.45, 7) is 1.53. The number of hydrogen-bond acceptors (Lipinski definition) is 2. The van der Waals surface area contributed by atoms with Crippen LogP contribution in [0.25, 0.3) is 0 Å². The maximum atomic E-state index is 13.1. The molecule has 4 aliphatic carbocycles. The first-order chi connectivity index (χ1) is 10.9. The van der Waals surface area contributed by atoms with Crippen molar-refractivity contribution in [1.29, 1.82) is 0 Å². The van der Waals surface area contributed by atoms with Gasteiger partial charge in [-0.1, -0.05) is 12.1 Å². The summed E-state index contributed by atoms with van der Waals surface area (Å²) in [5, 5.41) is 3.05. The molecule has 4 saturated carbocycles. The number of para-hydroxylation sites is 1. The summed E-state index contributed by atoms with van der Waals surface area (Å²) in [7, 11) is 0. The zero-order valence-corrected chi connectivity index (χ0v) is 14.2. The number of carbonyl (C=O) groups is 2. The number of ketones is 1. The fourth-order valence-corrected chi connectivity index (χ4v) is 6.26. The average Bonchev–Trinajstić information content (AvgIpc) is 2.45. The lowest BCUT2D eigenvalue weighted by Crippen LogP contribution is -2.57. The van der Waals surface area contributed by atoms with Crippen LogP contribution in [-0.4, -0.2) is 16.6 Å². The topological polar surface area (TPSA) is 46.2 Å². The minimum absolute atomic E-state index is 0.0276. The molecular weight excluding hydrogens is 310 g/mol. The van der Waals surface area contributed by atoms with E-state index >= 15 is 0 Å². The summed E-state index contributed by atoms with van der Waals surface area (Å²) in [5.74, 6) is 1.20. The number of anilines is 1. The summed E-state index contributed by atoms with van der Waals surface area (Å²) >= 11 is 6.82. The van der Waals surface area contributed by atoms with Gasteiger partial charge in [-0.3, -0.25) is 9.59 Å². The van der Waals surface area contributed by atoms with Gasteiger partial charge >= 0.3 is 0 Å². The van der Waals surface area contributed by atoms with Crippen molar-refractivity contribution in [3.05, 3.63) is 29.8 Å². The van der Waals surface area contributed by atoms with Gasteiger partial charge in [-0.15, -0.1) is 11.6 Å². The molecule has 0 aliphatic heterocycles. The molecule has 4 heteroatoms. The van der Waals surface area contributed by atoms with Crippen LogP contribution in [-0.2, 0) is 4.79 Å². The van der Waals surface area contributed by atoms with Crippen molar-refractivity contribution in [2.75, 3.05) is 5.32 Å². The molecule has 23 heavy (non-hydrogen) atoms. The van der Waals surface area contributed by atoms with Gasteiger partial charge in [0, 0.05) is 10.4 Å². The molecule has 3 nitrogen and oxygen atoms in total. The summed E-state index contributed by atoms with van der Waals surface area (Å²) in [5.41, 5.74) is 0.867. The van der Waals surface area contributed by atoms with E-state index < -0.39 is 0 Å². The van der Waals surface area contributed by atoms with E-state index in [0.717, 1.165) is 32.1 Å². The van der Waals surface area contributed by atoms with Gasteiger partial charge in [-0.2, -0.15) is 0 Å². The highest BCUT2D eigenvalue weighted by atomic mass is 35.5. The molecule has 0 saturated heterocycles. The summed E-state index contributed by atoms with van der Waals surface area (Å²) in [6.07, 6.45) is 6.03. The third-order valence-electron chi connectivity index (χ3n) is 6.03.